The van der Waals surface area contributed by atoms with Gasteiger partial charge < -0.3 is 10.1 Å². The summed E-state index contributed by atoms with van der Waals surface area (Å²) in [6.07, 6.45) is 4.65. The van der Waals surface area contributed by atoms with Gasteiger partial charge in [-0.05, 0) is 43.5 Å². The molecule has 1 aliphatic rings. The lowest BCUT2D eigenvalue weighted by Gasteiger charge is -2.16. The van der Waals surface area contributed by atoms with E-state index in [4.69, 9.17) is 0 Å². The Morgan fingerprint density at radius 3 is 3.00 bits per heavy atom. The smallest absolute Gasteiger partial charge is 0.251 e. The molecule has 0 saturated heterocycles. The molecule has 3 heterocycles. The Kier molecular flexibility index (Phi) is 4.68. The van der Waals surface area contributed by atoms with Crippen LogP contribution in [0.4, 0.5) is 0 Å². The second-order valence-corrected chi connectivity index (χ2v) is 6.94. The zero-order valence-corrected chi connectivity index (χ0v) is 14.1. The highest BCUT2D eigenvalue weighted by Gasteiger charge is 2.27. The van der Waals surface area contributed by atoms with Crippen molar-refractivity contribution in [2.45, 2.75) is 38.0 Å². The van der Waals surface area contributed by atoms with E-state index in [1.165, 1.54) is 0 Å². The lowest BCUT2D eigenvalue weighted by atomic mass is 10.0. The average molecular weight is 328 g/mol. The van der Waals surface area contributed by atoms with E-state index in [2.05, 4.69) is 16.0 Å². The molecule has 2 aromatic rings. The highest BCUT2D eigenvalue weighted by molar-refractivity contribution is 8.03. The van der Waals surface area contributed by atoms with Crippen molar-refractivity contribution in [3.05, 3.63) is 74.3 Å². The van der Waals surface area contributed by atoms with E-state index in [1.807, 2.05) is 38.1 Å². The summed E-state index contributed by atoms with van der Waals surface area (Å²) in [6.45, 7) is 3.92. The molecule has 23 heavy (non-hydrogen) atoms. The molecule has 0 amide bonds. The molecule has 1 aliphatic heterocycles. The van der Waals surface area contributed by atoms with Gasteiger partial charge in [0.15, 0.2) is 0 Å². The Balaban J connectivity index is 1.81. The van der Waals surface area contributed by atoms with Crippen LogP contribution in [0.1, 0.15) is 47.2 Å². The summed E-state index contributed by atoms with van der Waals surface area (Å²) >= 11 is 1.65. The van der Waals surface area contributed by atoms with Crippen molar-refractivity contribution in [3.63, 3.8) is 0 Å². The third kappa shape index (κ3) is 3.26. The number of aromatic amines is 1. The van der Waals surface area contributed by atoms with E-state index in [0.29, 0.717) is 5.69 Å². The summed E-state index contributed by atoms with van der Waals surface area (Å²) in [5.41, 5.74) is 3.53. The van der Waals surface area contributed by atoms with Crippen LogP contribution in [0.15, 0.2) is 46.2 Å². The Morgan fingerprint density at radius 2 is 2.30 bits per heavy atom. The lowest BCUT2D eigenvalue weighted by molar-refractivity contribution is 0.220. The molecule has 0 spiro atoms. The molecular formula is C18H20N2O2S. The topological polar surface area (TPSA) is 66.0 Å². The number of nitrogens with zero attached hydrogens (tertiary/aromatic N) is 1. The van der Waals surface area contributed by atoms with Crippen molar-refractivity contribution in [2.24, 2.45) is 0 Å². The van der Waals surface area contributed by atoms with Gasteiger partial charge in [0, 0.05) is 27.6 Å². The third-order valence-electron chi connectivity index (χ3n) is 4.13. The van der Waals surface area contributed by atoms with Crippen LogP contribution in [0.3, 0.4) is 0 Å². The van der Waals surface area contributed by atoms with Crippen LogP contribution in [0.2, 0.25) is 0 Å². The molecule has 0 bridgehead atoms. The number of hydrogen-bond donors (Lipinski definition) is 2. The summed E-state index contributed by atoms with van der Waals surface area (Å²) in [7, 11) is 0. The fourth-order valence-corrected chi connectivity index (χ4v) is 4.15. The Morgan fingerprint density at radius 1 is 1.48 bits per heavy atom. The molecule has 120 valence electrons. The predicted molar refractivity (Wildman–Crippen MR) is 93.4 cm³/mol. The molecule has 0 aromatic carbocycles. The highest BCUT2D eigenvalue weighted by atomic mass is 32.2. The van der Waals surface area contributed by atoms with Crippen LogP contribution < -0.4 is 5.56 Å². The molecule has 2 aromatic heterocycles. The minimum atomic E-state index is -0.681. The van der Waals surface area contributed by atoms with Crippen LogP contribution in [0.25, 0.3) is 0 Å². The van der Waals surface area contributed by atoms with E-state index < -0.39 is 6.10 Å². The number of aliphatic hydroxyl groups excluding tert-OH is 1. The molecule has 4 nitrogen and oxygen atoms in total. The van der Waals surface area contributed by atoms with Gasteiger partial charge in [-0.1, -0.05) is 19.1 Å². The largest absolute Gasteiger partial charge is 0.382 e. The first kappa shape index (κ1) is 16.0. The number of thioether (sulfide) groups is 1. The fourth-order valence-electron chi connectivity index (χ4n) is 2.81. The number of nitrogens with one attached hydrogen (secondary N) is 1. The zero-order valence-electron chi connectivity index (χ0n) is 13.2. The number of aliphatic hydroxyl groups is 1. The van der Waals surface area contributed by atoms with Gasteiger partial charge in [0.2, 0.25) is 0 Å². The van der Waals surface area contributed by atoms with Gasteiger partial charge in [0.1, 0.15) is 6.10 Å². The van der Waals surface area contributed by atoms with Crippen molar-refractivity contribution in [2.75, 3.05) is 0 Å². The third-order valence-corrected chi connectivity index (χ3v) is 5.53. The van der Waals surface area contributed by atoms with Gasteiger partial charge >= 0.3 is 0 Å². The first-order valence-corrected chi connectivity index (χ1v) is 8.66. The van der Waals surface area contributed by atoms with Crippen molar-refractivity contribution in [1.82, 2.24) is 9.97 Å². The SMILES string of the molecule is CCc1cc(C2CC=C(C(O)c3ccccn3)S2)c(C)[nH]c1=O. The zero-order chi connectivity index (χ0) is 16.4. The number of H-pyrrole nitrogens is 1. The first-order chi connectivity index (χ1) is 11.1. The second kappa shape index (κ2) is 6.72. The van der Waals surface area contributed by atoms with Gasteiger partial charge in [-0.25, -0.2) is 0 Å². The Labute approximate surface area is 139 Å². The van der Waals surface area contributed by atoms with Gasteiger partial charge in [-0.3, -0.25) is 9.78 Å². The normalized spacial score (nSPS) is 18.7. The van der Waals surface area contributed by atoms with E-state index >= 15 is 0 Å². The molecule has 2 N–H and O–H groups in total. The maximum atomic E-state index is 11.9. The lowest BCUT2D eigenvalue weighted by Crippen LogP contribution is -2.15. The quantitative estimate of drug-likeness (QED) is 0.902. The molecule has 0 radical (unpaired) electrons. The van der Waals surface area contributed by atoms with Crippen LogP contribution in [-0.2, 0) is 6.42 Å². The van der Waals surface area contributed by atoms with Crippen molar-refractivity contribution in [1.29, 1.82) is 0 Å². The second-order valence-electron chi connectivity index (χ2n) is 5.66. The maximum absolute atomic E-state index is 11.9. The molecule has 5 heteroatoms. The standard InChI is InChI=1S/C18H20N2O2S/c1-3-12-10-13(11(2)20-18(12)22)15-7-8-16(23-15)17(21)14-6-4-5-9-19-14/h4-6,8-10,15,17,21H,3,7H2,1-2H3,(H,20,22). The predicted octanol–water partition coefficient (Wildman–Crippen LogP) is 3.44. The maximum Gasteiger partial charge on any atom is 0.251 e. The monoisotopic (exact) mass is 328 g/mol. The number of aryl methyl sites for hydroxylation is 2. The van der Waals surface area contributed by atoms with Crippen molar-refractivity contribution in [3.8, 4) is 0 Å². The number of hydrogen-bond acceptors (Lipinski definition) is 4. The Hall–Kier alpha value is -1.85. The summed E-state index contributed by atoms with van der Waals surface area (Å²) in [5.74, 6) is 0. The highest BCUT2D eigenvalue weighted by Crippen LogP contribution is 2.48. The minimum Gasteiger partial charge on any atom is -0.382 e. The van der Waals surface area contributed by atoms with Gasteiger partial charge in [-0.15, -0.1) is 11.8 Å². The van der Waals surface area contributed by atoms with E-state index in [1.54, 1.807) is 18.0 Å². The minimum absolute atomic E-state index is 0.00144. The van der Waals surface area contributed by atoms with E-state index in [-0.39, 0.29) is 10.8 Å². The van der Waals surface area contributed by atoms with Gasteiger partial charge in [0.25, 0.3) is 5.56 Å². The van der Waals surface area contributed by atoms with Crippen LogP contribution >= 0.6 is 11.8 Å². The summed E-state index contributed by atoms with van der Waals surface area (Å²) in [5, 5.41) is 10.7. The number of aromatic nitrogens is 2. The molecule has 2 atom stereocenters. The van der Waals surface area contributed by atoms with Crippen molar-refractivity contribution < 1.29 is 5.11 Å². The number of rotatable bonds is 4. The van der Waals surface area contributed by atoms with E-state index in [0.717, 1.165) is 34.6 Å². The number of pyridine rings is 2. The van der Waals surface area contributed by atoms with Gasteiger partial charge in [0.05, 0.1) is 5.69 Å². The summed E-state index contributed by atoms with van der Waals surface area (Å²) in [4.78, 5) is 20.0. The van der Waals surface area contributed by atoms with Crippen LogP contribution in [0.5, 0.6) is 0 Å². The molecule has 3 rings (SSSR count). The summed E-state index contributed by atoms with van der Waals surface area (Å²) < 4.78 is 0. The van der Waals surface area contributed by atoms with Gasteiger partial charge in [-0.2, -0.15) is 0 Å². The molecule has 2 unspecified atom stereocenters. The number of allylic oxidation sites excluding steroid dienone is 1. The van der Waals surface area contributed by atoms with Crippen molar-refractivity contribution >= 4 is 11.8 Å². The molecule has 0 fully saturated rings. The van der Waals surface area contributed by atoms with E-state index in [9.17, 15) is 9.90 Å². The molecule has 0 saturated carbocycles. The average Bonchev–Trinajstić information content (AvgIpc) is 3.05. The Bertz CT molecular complexity index is 783. The van der Waals surface area contributed by atoms with Crippen LogP contribution in [0, 0.1) is 6.92 Å². The molecular weight excluding hydrogens is 308 g/mol. The fraction of sp³-hybridized carbons (Fsp3) is 0.333. The summed E-state index contributed by atoms with van der Waals surface area (Å²) in [6, 6.07) is 7.56. The van der Waals surface area contributed by atoms with Crippen LogP contribution in [-0.4, -0.2) is 15.1 Å². The molecule has 0 aliphatic carbocycles. The first-order valence-electron chi connectivity index (χ1n) is 7.78.